The van der Waals surface area contributed by atoms with Crippen LogP contribution in [0.3, 0.4) is 0 Å². The minimum Gasteiger partial charge on any atom is -0.383 e. The van der Waals surface area contributed by atoms with Crippen molar-refractivity contribution < 1.29 is 22.7 Å². The molecular formula is C19H26F3NO2. The summed E-state index contributed by atoms with van der Waals surface area (Å²) >= 11 is 0. The average Bonchev–Trinajstić information content (AvgIpc) is 3.38. The third kappa shape index (κ3) is 4.54. The van der Waals surface area contributed by atoms with Gasteiger partial charge in [0.05, 0.1) is 12.2 Å². The zero-order valence-electron chi connectivity index (χ0n) is 15.0. The number of halogens is 3. The Morgan fingerprint density at radius 3 is 2.48 bits per heavy atom. The number of ether oxygens (including phenoxy) is 1. The molecule has 1 aliphatic rings. The Morgan fingerprint density at radius 1 is 1.28 bits per heavy atom. The van der Waals surface area contributed by atoms with Gasteiger partial charge in [-0.3, -0.25) is 4.79 Å². The van der Waals surface area contributed by atoms with E-state index >= 15 is 0 Å². The van der Waals surface area contributed by atoms with Gasteiger partial charge < -0.3 is 9.64 Å². The van der Waals surface area contributed by atoms with Crippen molar-refractivity contribution in [1.29, 1.82) is 0 Å². The van der Waals surface area contributed by atoms with Gasteiger partial charge in [-0.25, -0.2) is 0 Å². The van der Waals surface area contributed by atoms with Crippen molar-refractivity contribution in [2.75, 3.05) is 20.3 Å². The van der Waals surface area contributed by atoms with Crippen molar-refractivity contribution in [3.8, 4) is 0 Å². The quantitative estimate of drug-likeness (QED) is 0.687. The van der Waals surface area contributed by atoms with Crippen LogP contribution < -0.4 is 0 Å². The molecular weight excluding hydrogens is 331 g/mol. The number of hydrogen-bond donors (Lipinski definition) is 0. The smallest absolute Gasteiger partial charge is 0.383 e. The number of benzene rings is 1. The Kier molecular flexibility index (Phi) is 6.49. The Hall–Kier alpha value is -1.56. The minimum absolute atomic E-state index is 0.0484. The van der Waals surface area contributed by atoms with E-state index in [4.69, 9.17) is 4.74 Å². The molecule has 2 atom stereocenters. The van der Waals surface area contributed by atoms with E-state index in [1.165, 1.54) is 12.1 Å². The highest BCUT2D eigenvalue weighted by molar-refractivity contribution is 5.83. The monoisotopic (exact) mass is 357 g/mol. The van der Waals surface area contributed by atoms with Crippen molar-refractivity contribution in [3.63, 3.8) is 0 Å². The Morgan fingerprint density at radius 2 is 1.92 bits per heavy atom. The van der Waals surface area contributed by atoms with Gasteiger partial charge in [-0.05, 0) is 36.8 Å². The zero-order chi connectivity index (χ0) is 18.6. The molecule has 0 aliphatic heterocycles. The van der Waals surface area contributed by atoms with Gasteiger partial charge in [-0.2, -0.15) is 13.2 Å². The second-order valence-corrected chi connectivity index (χ2v) is 6.53. The van der Waals surface area contributed by atoms with Crippen LogP contribution in [0.5, 0.6) is 0 Å². The molecule has 0 spiro atoms. The lowest BCUT2D eigenvalue weighted by Crippen LogP contribution is -2.42. The molecule has 1 saturated carbocycles. The summed E-state index contributed by atoms with van der Waals surface area (Å²) in [4.78, 5) is 14.7. The lowest BCUT2D eigenvalue weighted by molar-refractivity contribution is -0.139. The largest absolute Gasteiger partial charge is 0.416 e. The van der Waals surface area contributed by atoms with Crippen LogP contribution in [0, 0.1) is 5.92 Å². The zero-order valence-corrected chi connectivity index (χ0v) is 15.0. The van der Waals surface area contributed by atoms with Gasteiger partial charge in [-0.1, -0.05) is 32.0 Å². The topological polar surface area (TPSA) is 29.5 Å². The molecule has 0 heterocycles. The summed E-state index contributed by atoms with van der Waals surface area (Å²) in [6.07, 6.45) is -2.27. The molecule has 1 aromatic rings. The Balaban J connectivity index is 2.17. The van der Waals surface area contributed by atoms with Gasteiger partial charge in [-0.15, -0.1) is 0 Å². The maximum absolute atomic E-state index is 13.2. The molecule has 6 heteroatoms. The lowest BCUT2D eigenvalue weighted by Gasteiger charge is -2.31. The van der Waals surface area contributed by atoms with Gasteiger partial charge in [0, 0.05) is 25.6 Å². The van der Waals surface area contributed by atoms with Crippen molar-refractivity contribution >= 4 is 5.91 Å². The summed E-state index contributed by atoms with van der Waals surface area (Å²) in [6, 6.07) is 5.69. The number of hydrogen-bond acceptors (Lipinski definition) is 2. The van der Waals surface area contributed by atoms with Gasteiger partial charge in [0.1, 0.15) is 0 Å². The molecule has 0 N–H and O–H groups in total. The van der Waals surface area contributed by atoms with E-state index in [9.17, 15) is 18.0 Å². The Bertz CT molecular complexity index is 584. The fourth-order valence-corrected chi connectivity index (χ4v) is 3.49. The SMILES string of the molecule is CCC(CC)N(CCOC)C(=O)C1CC1c1ccccc1C(F)(F)F. The minimum atomic E-state index is -4.39. The molecule has 2 rings (SSSR count). The molecule has 25 heavy (non-hydrogen) atoms. The van der Waals surface area contributed by atoms with E-state index in [0.717, 1.165) is 18.9 Å². The molecule has 1 amide bonds. The van der Waals surface area contributed by atoms with Crippen molar-refractivity contribution in [2.24, 2.45) is 5.92 Å². The predicted octanol–water partition coefficient (Wildman–Crippen LogP) is 4.47. The number of carbonyl (C=O) groups excluding carboxylic acids is 1. The number of amides is 1. The van der Waals surface area contributed by atoms with E-state index in [1.54, 1.807) is 18.1 Å². The highest BCUT2D eigenvalue weighted by Crippen LogP contribution is 2.52. The number of rotatable bonds is 8. The van der Waals surface area contributed by atoms with Crippen molar-refractivity contribution in [2.45, 2.75) is 51.2 Å². The predicted molar refractivity (Wildman–Crippen MR) is 90.3 cm³/mol. The van der Waals surface area contributed by atoms with Crippen LogP contribution in [-0.2, 0) is 15.7 Å². The normalized spacial score (nSPS) is 20.0. The van der Waals surface area contributed by atoms with Gasteiger partial charge >= 0.3 is 6.18 Å². The second-order valence-electron chi connectivity index (χ2n) is 6.53. The van der Waals surface area contributed by atoms with E-state index in [1.807, 2.05) is 13.8 Å². The van der Waals surface area contributed by atoms with E-state index < -0.39 is 11.7 Å². The van der Waals surface area contributed by atoms with E-state index in [-0.39, 0.29) is 29.3 Å². The first-order chi connectivity index (χ1) is 11.8. The van der Waals surface area contributed by atoms with Gasteiger partial charge in [0.15, 0.2) is 0 Å². The first-order valence-electron chi connectivity index (χ1n) is 8.80. The number of alkyl halides is 3. The molecule has 0 saturated heterocycles. The fraction of sp³-hybridized carbons (Fsp3) is 0.632. The molecule has 1 aliphatic carbocycles. The number of nitrogens with zero attached hydrogens (tertiary/aromatic N) is 1. The number of methoxy groups -OCH3 is 1. The van der Waals surface area contributed by atoms with E-state index in [0.29, 0.717) is 19.6 Å². The summed E-state index contributed by atoms with van der Waals surface area (Å²) < 4.78 is 44.7. The lowest BCUT2D eigenvalue weighted by atomic mass is 10.0. The standard InChI is InChI=1S/C19H26F3NO2/c1-4-13(5-2)23(10-11-25-3)18(24)16-12-15(16)14-8-6-7-9-17(14)19(20,21)22/h6-9,13,15-16H,4-5,10-12H2,1-3H3. The molecule has 0 aromatic heterocycles. The van der Waals surface area contributed by atoms with Crippen LogP contribution >= 0.6 is 0 Å². The van der Waals surface area contributed by atoms with Crippen LogP contribution in [0.4, 0.5) is 13.2 Å². The van der Waals surface area contributed by atoms with Crippen LogP contribution in [0.2, 0.25) is 0 Å². The summed E-state index contributed by atoms with van der Waals surface area (Å²) in [5.41, 5.74) is -0.383. The first kappa shape index (κ1) is 19.8. The molecule has 0 bridgehead atoms. The summed E-state index contributed by atoms with van der Waals surface area (Å²) in [5, 5.41) is 0. The van der Waals surface area contributed by atoms with Crippen LogP contribution in [0.15, 0.2) is 24.3 Å². The average molecular weight is 357 g/mol. The highest BCUT2D eigenvalue weighted by Gasteiger charge is 2.49. The van der Waals surface area contributed by atoms with Gasteiger partial charge in [0.25, 0.3) is 0 Å². The maximum atomic E-state index is 13.2. The molecule has 0 radical (unpaired) electrons. The molecule has 1 fully saturated rings. The van der Waals surface area contributed by atoms with Crippen molar-refractivity contribution in [3.05, 3.63) is 35.4 Å². The maximum Gasteiger partial charge on any atom is 0.416 e. The fourth-order valence-electron chi connectivity index (χ4n) is 3.49. The summed E-state index contributed by atoms with van der Waals surface area (Å²) in [6.45, 7) is 4.94. The number of carbonyl (C=O) groups is 1. The van der Waals surface area contributed by atoms with Crippen LogP contribution in [-0.4, -0.2) is 37.1 Å². The third-order valence-electron chi connectivity index (χ3n) is 4.98. The first-order valence-corrected chi connectivity index (χ1v) is 8.80. The van der Waals surface area contributed by atoms with Crippen LogP contribution in [0.25, 0.3) is 0 Å². The molecule has 1 aromatic carbocycles. The van der Waals surface area contributed by atoms with Gasteiger partial charge in [0.2, 0.25) is 5.91 Å². The van der Waals surface area contributed by atoms with Crippen molar-refractivity contribution in [1.82, 2.24) is 4.90 Å². The molecule has 3 nitrogen and oxygen atoms in total. The van der Waals surface area contributed by atoms with E-state index in [2.05, 4.69) is 0 Å². The molecule has 2 unspecified atom stereocenters. The summed E-state index contributed by atoms with van der Waals surface area (Å²) in [7, 11) is 1.58. The molecule has 140 valence electrons. The van der Waals surface area contributed by atoms with Crippen LogP contribution in [0.1, 0.15) is 50.2 Å². The summed E-state index contributed by atoms with van der Waals surface area (Å²) in [5.74, 6) is -0.751. The third-order valence-corrected chi connectivity index (χ3v) is 4.98. The second kappa shape index (κ2) is 8.21. The Labute approximate surface area is 147 Å². The highest BCUT2D eigenvalue weighted by atomic mass is 19.4.